The van der Waals surface area contributed by atoms with Crippen molar-refractivity contribution in [2.75, 3.05) is 13.1 Å². The van der Waals surface area contributed by atoms with E-state index in [-0.39, 0.29) is 24.3 Å². The number of carbonyl (C=O) groups is 2. The lowest BCUT2D eigenvalue weighted by Crippen LogP contribution is -2.44. The van der Waals surface area contributed by atoms with Gasteiger partial charge in [0.1, 0.15) is 11.4 Å². The normalized spacial score (nSPS) is 17.5. The minimum atomic E-state index is -0.178. The van der Waals surface area contributed by atoms with E-state index in [0.29, 0.717) is 17.9 Å². The van der Waals surface area contributed by atoms with Crippen molar-refractivity contribution in [2.45, 2.75) is 26.3 Å². The summed E-state index contributed by atoms with van der Waals surface area (Å²) in [6, 6.07) is 9.56. The Morgan fingerprint density at radius 1 is 1.29 bits per heavy atom. The zero-order valence-corrected chi connectivity index (χ0v) is 13.6. The molecule has 0 saturated carbocycles. The minimum Gasteiger partial charge on any atom is -0.350 e. The van der Waals surface area contributed by atoms with Crippen molar-refractivity contribution in [3.63, 3.8) is 0 Å². The van der Waals surface area contributed by atoms with Gasteiger partial charge in [-0.2, -0.15) is 0 Å². The van der Waals surface area contributed by atoms with Gasteiger partial charge in [0.05, 0.1) is 12.5 Å². The van der Waals surface area contributed by atoms with E-state index < -0.39 is 0 Å². The molecule has 1 aliphatic rings. The zero-order chi connectivity index (χ0) is 16.9. The van der Waals surface area contributed by atoms with E-state index in [1.165, 1.54) is 6.92 Å². The van der Waals surface area contributed by atoms with Crippen molar-refractivity contribution in [2.24, 2.45) is 5.92 Å². The number of hydrogen-bond acceptors (Lipinski definition) is 5. The van der Waals surface area contributed by atoms with Crippen molar-refractivity contribution in [1.29, 1.82) is 0 Å². The molecule has 1 saturated heterocycles. The van der Waals surface area contributed by atoms with Crippen LogP contribution in [-0.4, -0.2) is 40.1 Å². The first kappa shape index (κ1) is 16.2. The molecule has 0 bridgehead atoms. The molecule has 2 aromatic rings. The fourth-order valence-electron chi connectivity index (χ4n) is 2.93. The first-order valence-corrected chi connectivity index (χ1v) is 8.05. The molecule has 3 rings (SSSR count). The molecule has 1 N–H and O–H groups in total. The van der Waals surface area contributed by atoms with Gasteiger partial charge in [-0.1, -0.05) is 35.5 Å². The largest absolute Gasteiger partial charge is 0.350 e. The Balaban J connectivity index is 1.61. The van der Waals surface area contributed by atoms with Crippen LogP contribution in [0.2, 0.25) is 0 Å². The van der Waals surface area contributed by atoms with Crippen LogP contribution in [-0.2, 0) is 16.1 Å². The number of hydrogen-bond donors (Lipinski definition) is 1. The molecular formula is C17H20N4O3. The monoisotopic (exact) mass is 328 g/mol. The number of piperidine rings is 1. The maximum atomic E-state index is 12.4. The highest BCUT2D eigenvalue weighted by molar-refractivity contribution is 5.80. The molecule has 1 aromatic heterocycles. The van der Waals surface area contributed by atoms with Crippen LogP contribution in [0, 0.1) is 5.92 Å². The molecule has 1 aromatic carbocycles. The van der Waals surface area contributed by atoms with Crippen LogP contribution >= 0.6 is 0 Å². The number of aromatic nitrogens is 2. The smallest absolute Gasteiger partial charge is 0.225 e. The van der Waals surface area contributed by atoms with Gasteiger partial charge in [-0.05, 0) is 18.0 Å². The first-order chi connectivity index (χ1) is 11.6. The Morgan fingerprint density at radius 3 is 2.83 bits per heavy atom. The second kappa shape index (κ2) is 7.25. The summed E-state index contributed by atoms with van der Waals surface area (Å²) in [6.45, 7) is 2.99. The van der Waals surface area contributed by atoms with Gasteiger partial charge < -0.3 is 10.2 Å². The Hall–Kier alpha value is -2.70. The molecule has 2 heterocycles. The molecule has 24 heavy (non-hydrogen) atoms. The van der Waals surface area contributed by atoms with Crippen LogP contribution in [0.3, 0.4) is 0 Å². The lowest BCUT2D eigenvalue weighted by atomic mass is 9.97. The van der Waals surface area contributed by atoms with E-state index in [9.17, 15) is 9.59 Å². The molecule has 2 amide bonds. The molecule has 126 valence electrons. The highest BCUT2D eigenvalue weighted by atomic mass is 16.6. The summed E-state index contributed by atoms with van der Waals surface area (Å²) in [5.41, 5.74) is 2.11. The van der Waals surface area contributed by atoms with Crippen LogP contribution in [0.1, 0.15) is 25.5 Å². The number of rotatable bonds is 4. The molecule has 0 spiro atoms. The molecule has 1 fully saturated rings. The molecule has 0 aliphatic carbocycles. The third-order valence-electron chi connectivity index (χ3n) is 4.27. The van der Waals surface area contributed by atoms with Crippen LogP contribution in [0.15, 0.2) is 35.0 Å². The number of amides is 2. The third-order valence-corrected chi connectivity index (χ3v) is 4.27. The van der Waals surface area contributed by atoms with Gasteiger partial charge in [-0.3, -0.25) is 9.59 Å². The van der Waals surface area contributed by atoms with Gasteiger partial charge >= 0.3 is 0 Å². The molecule has 7 heteroatoms. The summed E-state index contributed by atoms with van der Waals surface area (Å²) in [6.07, 6.45) is 1.64. The van der Waals surface area contributed by atoms with E-state index in [1.807, 2.05) is 30.3 Å². The fraction of sp³-hybridized carbons (Fsp3) is 0.412. The molecule has 0 radical (unpaired) electrons. The van der Waals surface area contributed by atoms with E-state index >= 15 is 0 Å². The number of nitrogens with zero attached hydrogens (tertiary/aromatic N) is 3. The number of carbonyl (C=O) groups excluding carboxylic acids is 2. The third kappa shape index (κ3) is 3.61. The van der Waals surface area contributed by atoms with Crippen LogP contribution in [0.25, 0.3) is 11.3 Å². The maximum absolute atomic E-state index is 12.4. The van der Waals surface area contributed by atoms with Gasteiger partial charge in [0, 0.05) is 25.6 Å². The number of nitrogens with one attached hydrogen (secondary N) is 1. The first-order valence-electron chi connectivity index (χ1n) is 8.05. The lowest BCUT2D eigenvalue weighted by molar-refractivity contribution is -0.134. The second-order valence-electron chi connectivity index (χ2n) is 5.95. The van der Waals surface area contributed by atoms with Crippen molar-refractivity contribution in [1.82, 2.24) is 20.5 Å². The van der Waals surface area contributed by atoms with Gasteiger partial charge in [0.25, 0.3) is 0 Å². The van der Waals surface area contributed by atoms with Crippen molar-refractivity contribution < 1.29 is 14.2 Å². The Bertz CT molecular complexity index is 714. The van der Waals surface area contributed by atoms with E-state index in [0.717, 1.165) is 24.9 Å². The molecule has 1 atom stereocenters. The Labute approximate surface area is 140 Å². The van der Waals surface area contributed by atoms with Crippen LogP contribution in [0.4, 0.5) is 0 Å². The van der Waals surface area contributed by atoms with Gasteiger partial charge in [0.15, 0.2) is 0 Å². The standard InChI is InChI=1S/C17H20N4O3/c1-12(22)21-9-5-8-14(11-21)17(23)18-10-15-16(20-24-19-15)13-6-3-2-4-7-13/h2-4,6-7,14H,5,8-11H2,1H3,(H,18,23). The van der Waals surface area contributed by atoms with Crippen molar-refractivity contribution in [3.8, 4) is 11.3 Å². The second-order valence-corrected chi connectivity index (χ2v) is 5.95. The predicted molar refractivity (Wildman–Crippen MR) is 86.6 cm³/mol. The maximum Gasteiger partial charge on any atom is 0.225 e. The summed E-state index contributed by atoms with van der Waals surface area (Å²) in [5.74, 6) is -0.231. The van der Waals surface area contributed by atoms with E-state index in [1.54, 1.807) is 4.90 Å². The van der Waals surface area contributed by atoms with Crippen LogP contribution < -0.4 is 5.32 Å². The average molecular weight is 328 g/mol. The summed E-state index contributed by atoms with van der Waals surface area (Å²) in [7, 11) is 0. The summed E-state index contributed by atoms with van der Waals surface area (Å²) in [4.78, 5) is 25.6. The quantitative estimate of drug-likeness (QED) is 0.921. The molecule has 1 aliphatic heterocycles. The average Bonchev–Trinajstić information content (AvgIpc) is 3.09. The SMILES string of the molecule is CC(=O)N1CCCC(C(=O)NCc2nonc2-c2ccccc2)C1. The fourth-order valence-corrected chi connectivity index (χ4v) is 2.93. The predicted octanol–water partition coefficient (Wildman–Crippen LogP) is 1.61. The number of likely N-dealkylation sites (tertiary alicyclic amines) is 1. The summed E-state index contributed by atoms with van der Waals surface area (Å²) >= 11 is 0. The van der Waals surface area contributed by atoms with Crippen LogP contribution in [0.5, 0.6) is 0 Å². The summed E-state index contributed by atoms with van der Waals surface area (Å²) in [5, 5.41) is 10.7. The summed E-state index contributed by atoms with van der Waals surface area (Å²) < 4.78 is 4.82. The molecule has 1 unspecified atom stereocenters. The van der Waals surface area contributed by atoms with E-state index in [4.69, 9.17) is 4.63 Å². The topological polar surface area (TPSA) is 88.3 Å². The minimum absolute atomic E-state index is 0.0135. The Kier molecular flexibility index (Phi) is 4.88. The molecular weight excluding hydrogens is 308 g/mol. The highest BCUT2D eigenvalue weighted by Crippen LogP contribution is 2.20. The Morgan fingerprint density at radius 2 is 2.08 bits per heavy atom. The van der Waals surface area contributed by atoms with Crippen molar-refractivity contribution in [3.05, 3.63) is 36.0 Å². The van der Waals surface area contributed by atoms with Gasteiger partial charge in [-0.15, -0.1) is 0 Å². The highest BCUT2D eigenvalue weighted by Gasteiger charge is 2.27. The van der Waals surface area contributed by atoms with E-state index in [2.05, 4.69) is 15.6 Å². The lowest BCUT2D eigenvalue weighted by Gasteiger charge is -2.31. The zero-order valence-electron chi connectivity index (χ0n) is 13.6. The van der Waals surface area contributed by atoms with Gasteiger partial charge in [-0.25, -0.2) is 4.63 Å². The van der Waals surface area contributed by atoms with Crippen molar-refractivity contribution >= 4 is 11.8 Å². The van der Waals surface area contributed by atoms with Gasteiger partial charge in [0.2, 0.25) is 11.8 Å². The molecule has 7 nitrogen and oxygen atoms in total. The number of benzene rings is 1.